The van der Waals surface area contributed by atoms with Crippen LogP contribution in [0.5, 0.6) is 0 Å². The van der Waals surface area contributed by atoms with Gasteiger partial charge in [-0.1, -0.05) is 13.8 Å². The van der Waals surface area contributed by atoms with Crippen molar-refractivity contribution in [1.29, 1.82) is 0 Å². The molecule has 1 aromatic carbocycles. The van der Waals surface area contributed by atoms with E-state index < -0.39 is 23.2 Å². The Labute approximate surface area is 129 Å². The van der Waals surface area contributed by atoms with E-state index in [1.807, 2.05) is 13.8 Å². The molecule has 0 unspecified atom stereocenters. The van der Waals surface area contributed by atoms with Crippen LogP contribution in [0.2, 0.25) is 0 Å². The molecule has 0 radical (unpaired) electrons. The Morgan fingerprint density at radius 2 is 1.95 bits per heavy atom. The van der Waals surface area contributed by atoms with E-state index in [0.29, 0.717) is 0 Å². The quantitative estimate of drug-likeness (QED) is 0.624. The summed E-state index contributed by atoms with van der Waals surface area (Å²) < 4.78 is 38.3. The van der Waals surface area contributed by atoms with Crippen molar-refractivity contribution in [2.75, 3.05) is 12.3 Å². The first-order valence-corrected chi connectivity index (χ1v) is 6.35. The zero-order valence-corrected chi connectivity index (χ0v) is 13.2. The molecule has 0 spiro atoms. The van der Waals surface area contributed by atoms with Crippen molar-refractivity contribution < 1.29 is 18.0 Å². The first kappa shape index (κ1) is 19.2. The molecule has 0 aliphatic rings. The Morgan fingerprint density at radius 1 is 1.40 bits per heavy atom. The number of hydrogen-bond acceptors (Lipinski definition) is 3. The van der Waals surface area contributed by atoms with Crippen molar-refractivity contribution >= 4 is 39.8 Å². The van der Waals surface area contributed by atoms with Gasteiger partial charge in [-0.15, -0.1) is 12.4 Å². The molecule has 0 saturated carbocycles. The van der Waals surface area contributed by atoms with Gasteiger partial charge in [0.2, 0.25) is 0 Å². The van der Waals surface area contributed by atoms with Crippen LogP contribution < -0.4 is 11.1 Å². The number of carbonyl (C=O) groups excluding carboxylic acids is 1. The van der Waals surface area contributed by atoms with Crippen LogP contribution in [0.25, 0.3) is 0 Å². The molecule has 114 valence electrons. The molecule has 1 rings (SSSR count). The highest BCUT2D eigenvalue weighted by molar-refractivity contribution is 9.10. The second-order valence-corrected chi connectivity index (χ2v) is 5.23. The van der Waals surface area contributed by atoms with Gasteiger partial charge in [-0.2, -0.15) is 13.2 Å². The summed E-state index contributed by atoms with van der Waals surface area (Å²) >= 11 is 2.94. The summed E-state index contributed by atoms with van der Waals surface area (Å²) in [5.41, 5.74) is 3.92. The second-order valence-electron chi connectivity index (χ2n) is 4.38. The standard InChI is InChI=1S/C12H14BrF3N2O.ClH/c1-6(2)18-5-10(19)7-3-8(12(14,15)16)11(17)9(13)4-7;/h3-4,6,18H,5,17H2,1-2H3;1H. The smallest absolute Gasteiger partial charge is 0.397 e. The number of nitrogens with one attached hydrogen (secondary N) is 1. The molecular weight excluding hydrogens is 360 g/mol. The molecule has 0 bridgehead atoms. The SMILES string of the molecule is CC(C)NCC(=O)c1cc(Br)c(N)c(C(F)(F)F)c1.Cl. The van der Waals surface area contributed by atoms with Crippen molar-refractivity contribution in [1.82, 2.24) is 5.32 Å². The van der Waals surface area contributed by atoms with Gasteiger partial charge in [-0.3, -0.25) is 4.79 Å². The van der Waals surface area contributed by atoms with Crippen LogP contribution in [0.4, 0.5) is 18.9 Å². The molecule has 0 fully saturated rings. The molecular formula is C12H15BrClF3N2O. The predicted octanol–water partition coefficient (Wildman–Crippen LogP) is 3.65. The summed E-state index contributed by atoms with van der Waals surface area (Å²) in [6.45, 7) is 3.66. The molecule has 1 aromatic rings. The third-order valence-corrected chi connectivity index (χ3v) is 3.08. The highest BCUT2D eigenvalue weighted by atomic mass is 79.9. The lowest BCUT2D eigenvalue weighted by molar-refractivity contribution is -0.136. The molecule has 0 atom stereocenters. The minimum atomic E-state index is -4.59. The first-order chi connectivity index (χ1) is 8.62. The predicted molar refractivity (Wildman–Crippen MR) is 78.3 cm³/mol. The first-order valence-electron chi connectivity index (χ1n) is 5.55. The van der Waals surface area contributed by atoms with Gasteiger partial charge in [-0.05, 0) is 28.1 Å². The topological polar surface area (TPSA) is 55.1 Å². The summed E-state index contributed by atoms with van der Waals surface area (Å²) in [7, 11) is 0. The number of anilines is 1. The Hall–Kier alpha value is -0.790. The van der Waals surface area contributed by atoms with E-state index in [9.17, 15) is 18.0 Å². The van der Waals surface area contributed by atoms with Gasteiger partial charge in [0, 0.05) is 16.1 Å². The maximum absolute atomic E-state index is 12.8. The monoisotopic (exact) mass is 374 g/mol. The molecule has 3 nitrogen and oxygen atoms in total. The highest BCUT2D eigenvalue weighted by Gasteiger charge is 2.34. The van der Waals surface area contributed by atoms with Crippen molar-refractivity contribution in [3.63, 3.8) is 0 Å². The van der Waals surface area contributed by atoms with Crippen LogP contribution in [0.3, 0.4) is 0 Å². The number of hydrogen-bond donors (Lipinski definition) is 2. The van der Waals surface area contributed by atoms with E-state index in [4.69, 9.17) is 5.73 Å². The number of nitrogen functional groups attached to an aromatic ring is 1. The zero-order valence-electron chi connectivity index (χ0n) is 10.8. The molecule has 0 amide bonds. The number of halogens is 5. The van der Waals surface area contributed by atoms with Gasteiger partial charge < -0.3 is 11.1 Å². The van der Waals surface area contributed by atoms with Crippen LogP contribution in [0.15, 0.2) is 16.6 Å². The zero-order chi connectivity index (χ0) is 14.8. The average Bonchev–Trinajstić information content (AvgIpc) is 2.27. The third-order valence-electron chi connectivity index (χ3n) is 2.43. The van der Waals surface area contributed by atoms with Crippen molar-refractivity contribution in [3.05, 3.63) is 27.7 Å². The van der Waals surface area contributed by atoms with E-state index in [1.54, 1.807) is 0 Å². The Morgan fingerprint density at radius 3 is 2.40 bits per heavy atom. The summed E-state index contributed by atoms with van der Waals surface area (Å²) in [4.78, 5) is 11.8. The van der Waals surface area contributed by atoms with E-state index in [1.165, 1.54) is 6.07 Å². The number of Topliss-reactive ketones (excluding diaryl/α,β-unsaturated/α-hetero) is 1. The lowest BCUT2D eigenvalue weighted by Gasteiger charge is -2.14. The maximum atomic E-state index is 12.8. The average molecular weight is 376 g/mol. The van der Waals surface area contributed by atoms with Gasteiger partial charge in [0.15, 0.2) is 5.78 Å². The molecule has 0 heterocycles. The van der Waals surface area contributed by atoms with Gasteiger partial charge in [-0.25, -0.2) is 0 Å². The van der Waals surface area contributed by atoms with Crippen LogP contribution in [0.1, 0.15) is 29.8 Å². The summed E-state index contributed by atoms with van der Waals surface area (Å²) in [6, 6.07) is 2.16. The van der Waals surface area contributed by atoms with Gasteiger partial charge in [0.25, 0.3) is 0 Å². The number of alkyl halides is 3. The van der Waals surface area contributed by atoms with E-state index in [0.717, 1.165) is 6.07 Å². The van der Waals surface area contributed by atoms with Gasteiger partial charge >= 0.3 is 6.18 Å². The van der Waals surface area contributed by atoms with Crippen LogP contribution >= 0.6 is 28.3 Å². The fourth-order valence-corrected chi connectivity index (χ4v) is 1.87. The number of ketones is 1. The summed E-state index contributed by atoms with van der Waals surface area (Å²) in [5, 5.41) is 2.86. The van der Waals surface area contributed by atoms with Crippen molar-refractivity contribution in [2.24, 2.45) is 0 Å². The molecule has 20 heavy (non-hydrogen) atoms. The molecule has 0 aliphatic heterocycles. The number of nitrogens with two attached hydrogens (primary N) is 1. The number of rotatable bonds is 4. The Kier molecular flexibility index (Phi) is 7.00. The second kappa shape index (κ2) is 7.28. The van der Waals surface area contributed by atoms with Crippen LogP contribution in [-0.2, 0) is 6.18 Å². The highest BCUT2D eigenvalue weighted by Crippen LogP contribution is 2.37. The fourth-order valence-electron chi connectivity index (χ4n) is 1.41. The number of carbonyl (C=O) groups is 1. The summed E-state index contributed by atoms with van der Waals surface area (Å²) in [5.74, 6) is -0.417. The largest absolute Gasteiger partial charge is 0.418 e. The van der Waals surface area contributed by atoms with Crippen molar-refractivity contribution in [2.45, 2.75) is 26.1 Å². The minimum absolute atomic E-state index is 0. The molecule has 0 saturated heterocycles. The fraction of sp³-hybridized carbons (Fsp3) is 0.417. The number of benzene rings is 1. The molecule has 0 aliphatic carbocycles. The Balaban J connectivity index is 0.00000361. The van der Waals surface area contributed by atoms with Crippen molar-refractivity contribution in [3.8, 4) is 0 Å². The van der Waals surface area contributed by atoms with E-state index in [-0.39, 0.29) is 35.0 Å². The van der Waals surface area contributed by atoms with E-state index >= 15 is 0 Å². The van der Waals surface area contributed by atoms with E-state index in [2.05, 4.69) is 21.2 Å². The molecule has 3 N–H and O–H groups in total. The van der Waals surface area contributed by atoms with Crippen LogP contribution in [0, 0.1) is 0 Å². The van der Waals surface area contributed by atoms with Gasteiger partial charge in [0.05, 0.1) is 17.8 Å². The Bertz CT molecular complexity index is 492. The third kappa shape index (κ3) is 4.96. The van der Waals surface area contributed by atoms with Crippen LogP contribution in [-0.4, -0.2) is 18.4 Å². The van der Waals surface area contributed by atoms with Gasteiger partial charge in [0.1, 0.15) is 0 Å². The molecule has 0 aromatic heterocycles. The lowest BCUT2D eigenvalue weighted by Crippen LogP contribution is -2.29. The summed E-state index contributed by atoms with van der Waals surface area (Å²) in [6.07, 6.45) is -4.59. The maximum Gasteiger partial charge on any atom is 0.418 e. The lowest BCUT2D eigenvalue weighted by atomic mass is 10.0. The normalized spacial score (nSPS) is 11.3. The molecule has 8 heteroatoms. The minimum Gasteiger partial charge on any atom is -0.397 e.